The van der Waals surface area contributed by atoms with Gasteiger partial charge in [-0.2, -0.15) is 0 Å². The van der Waals surface area contributed by atoms with Gasteiger partial charge in [0.05, 0.1) is 6.42 Å². The summed E-state index contributed by atoms with van der Waals surface area (Å²) in [6, 6.07) is 15.8. The molecule has 126 valence electrons. The van der Waals surface area contributed by atoms with E-state index in [-0.39, 0.29) is 18.2 Å². The maximum atomic E-state index is 11.3. The molecule has 24 heavy (non-hydrogen) atoms. The fourth-order valence-corrected chi connectivity index (χ4v) is 2.50. The fourth-order valence-electron chi connectivity index (χ4n) is 2.50. The molecule has 0 bridgehead atoms. The zero-order valence-corrected chi connectivity index (χ0v) is 14.1. The lowest BCUT2D eigenvalue weighted by atomic mass is 9.97. The molecular formula is C20H23NO3. The van der Waals surface area contributed by atoms with Crippen LogP contribution in [-0.2, 0) is 16.0 Å². The van der Waals surface area contributed by atoms with E-state index in [0.717, 1.165) is 16.7 Å². The molecule has 0 aromatic heterocycles. The summed E-state index contributed by atoms with van der Waals surface area (Å²) >= 11 is 0. The van der Waals surface area contributed by atoms with E-state index in [4.69, 9.17) is 5.11 Å². The van der Waals surface area contributed by atoms with Crippen LogP contribution >= 0.6 is 0 Å². The van der Waals surface area contributed by atoms with Gasteiger partial charge >= 0.3 is 5.97 Å². The van der Waals surface area contributed by atoms with E-state index in [1.165, 1.54) is 5.56 Å². The Kier molecular flexibility index (Phi) is 6.13. The third-order valence-corrected chi connectivity index (χ3v) is 4.05. The maximum Gasteiger partial charge on any atom is 0.307 e. The van der Waals surface area contributed by atoms with Gasteiger partial charge in [0, 0.05) is 13.0 Å². The van der Waals surface area contributed by atoms with Gasteiger partial charge in [-0.1, -0.05) is 62.4 Å². The number of hydrogen-bond donors (Lipinski definition) is 2. The Morgan fingerprint density at radius 3 is 2.04 bits per heavy atom. The molecular weight excluding hydrogens is 302 g/mol. The average molecular weight is 325 g/mol. The molecule has 0 radical (unpaired) electrons. The van der Waals surface area contributed by atoms with Crippen LogP contribution in [0.15, 0.2) is 48.5 Å². The quantitative estimate of drug-likeness (QED) is 0.817. The van der Waals surface area contributed by atoms with Crippen molar-refractivity contribution in [3.05, 3.63) is 59.7 Å². The van der Waals surface area contributed by atoms with Gasteiger partial charge in [-0.25, -0.2) is 0 Å². The molecule has 1 atom stereocenters. The van der Waals surface area contributed by atoms with E-state index < -0.39 is 5.97 Å². The third-order valence-electron chi connectivity index (χ3n) is 4.05. The Labute approximate surface area is 142 Å². The highest BCUT2D eigenvalue weighted by Gasteiger charge is 2.08. The second kappa shape index (κ2) is 8.29. The highest BCUT2D eigenvalue weighted by atomic mass is 16.4. The number of carbonyl (C=O) groups is 2. The lowest BCUT2D eigenvalue weighted by molar-refractivity contribution is -0.136. The van der Waals surface area contributed by atoms with Crippen molar-refractivity contribution < 1.29 is 14.7 Å². The summed E-state index contributed by atoms with van der Waals surface area (Å²) in [5, 5.41) is 11.7. The van der Waals surface area contributed by atoms with Crippen LogP contribution in [0.3, 0.4) is 0 Å². The van der Waals surface area contributed by atoms with Crippen LogP contribution in [-0.4, -0.2) is 23.5 Å². The first-order valence-corrected chi connectivity index (χ1v) is 8.17. The molecule has 0 spiro atoms. The van der Waals surface area contributed by atoms with E-state index >= 15 is 0 Å². The highest BCUT2D eigenvalue weighted by Crippen LogP contribution is 2.23. The minimum Gasteiger partial charge on any atom is -0.481 e. The predicted octanol–water partition coefficient (Wildman–Crippen LogP) is 3.61. The topological polar surface area (TPSA) is 66.4 Å². The first-order valence-electron chi connectivity index (χ1n) is 8.17. The summed E-state index contributed by atoms with van der Waals surface area (Å²) in [7, 11) is 0. The molecule has 2 N–H and O–H groups in total. The molecule has 0 aliphatic heterocycles. The van der Waals surface area contributed by atoms with Crippen LogP contribution < -0.4 is 5.32 Å². The van der Waals surface area contributed by atoms with Gasteiger partial charge in [0.15, 0.2) is 0 Å². The van der Waals surface area contributed by atoms with Crippen molar-refractivity contribution >= 4 is 11.9 Å². The number of carbonyl (C=O) groups excluding carboxylic acids is 1. The van der Waals surface area contributed by atoms with Crippen LogP contribution in [0.4, 0.5) is 0 Å². The number of carboxylic acids is 1. The number of benzene rings is 2. The zero-order valence-electron chi connectivity index (χ0n) is 14.1. The third kappa shape index (κ3) is 4.95. The van der Waals surface area contributed by atoms with Gasteiger partial charge in [-0.3, -0.25) is 9.59 Å². The Hall–Kier alpha value is -2.62. The molecule has 0 heterocycles. The first kappa shape index (κ1) is 17.7. The smallest absolute Gasteiger partial charge is 0.307 e. The molecule has 1 unspecified atom stereocenters. The van der Waals surface area contributed by atoms with Crippen LogP contribution in [0.5, 0.6) is 0 Å². The SMILES string of the molecule is CCC(=O)NCC(C)c1ccc(-c2ccc(CC(=O)O)cc2)cc1. The number of hydrogen-bond acceptors (Lipinski definition) is 2. The molecule has 1 amide bonds. The summed E-state index contributed by atoms with van der Waals surface area (Å²) in [6.45, 7) is 4.57. The second-order valence-electron chi connectivity index (χ2n) is 5.95. The molecule has 0 fully saturated rings. The van der Waals surface area contributed by atoms with Crippen LogP contribution in [0, 0.1) is 0 Å². The van der Waals surface area contributed by atoms with Crippen molar-refractivity contribution in [1.29, 1.82) is 0 Å². The molecule has 2 aromatic rings. The van der Waals surface area contributed by atoms with Gasteiger partial charge in [-0.15, -0.1) is 0 Å². The molecule has 4 nitrogen and oxygen atoms in total. The molecule has 4 heteroatoms. The number of amides is 1. The van der Waals surface area contributed by atoms with E-state index in [2.05, 4.69) is 36.5 Å². The Balaban J connectivity index is 2.03. The summed E-state index contributed by atoms with van der Waals surface area (Å²) in [5.41, 5.74) is 4.12. The van der Waals surface area contributed by atoms with E-state index in [9.17, 15) is 9.59 Å². The Morgan fingerprint density at radius 1 is 1.00 bits per heavy atom. The standard InChI is InChI=1S/C20H23NO3/c1-3-19(22)21-13-14(2)16-8-10-18(11-9-16)17-6-4-15(5-7-17)12-20(23)24/h4-11,14H,3,12-13H2,1-2H3,(H,21,22)(H,23,24). The summed E-state index contributed by atoms with van der Waals surface area (Å²) in [6.07, 6.45) is 0.545. The number of aliphatic carboxylic acids is 1. The Morgan fingerprint density at radius 2 is 1.54 bits per heavy atom. The van der Waals surface area contributed by atoms with Crippen molar-refractivity contribution in [3.63, 3.8) is 0 Å². The summed E-state index contributed by atoms with van der Waals surface area (Å²) < 4.78 is 0. The van der Waals surface area contributed by atoms with Gasteiger partial charge in [0.1, 0.15) is 0 Å². The lowest BCUT2D eigenvalue weighted by Gasteiger charge is -2.13. The normalized spacial score (nSPS) is 11.8. The molecule has 0 saturated heterocycles. The lowest BCUT2D eigenvalue weighted by Crippen LogP contribution is -2.26. The number of rotatable bonds is 7. The molecule has 2 aromatic carbocycles. The molecule has 2 rings (SSSR count). The summed E-state index contributed by atoms with van der Waals surface area (Å²) in [4.78, 5) is 22.0. The fraction of sp³-hybridized carbons (Fsp3) is 0.300. The average Bonchev–Trinajstić information content (AvgIpc) is 2.59. The molecule has 0 aliphatic rings. The van der Waals surface area contributed by atoms with Crippen molar-refractivity contribution in [2.24, 2.45) is 0 Å². The largest absolute Gasteiger partial charge is 0.481 e. The highest BCUT2D eigenvalue weighted by molar-refractivity contribution is 5.75. The maximum absolute atomic E-state index is 11.3. The first-order chi connectivity index (χ1) is 11.5. The second-order valence-corrected chi connectivity index (χ2v) is 5.95. The van der Waals surface area contributed by atoms with Crippen LogP contribution in [0.25, 0.3) is 11.1 Å². The van der Waals surface area contributed by atoms with E-state index in [1.54, 1.807) is 0 Å². The zero-order chi connectivity index (χ0) is 17.5. The van der Waals surface area contributed by atoms with E-state index in [0.29, 0.717) is 13.0 Å². The van der Waals surface area contributed by atoms with Crippen molar-refractivity contribution in [1.82, 2.24) is 5.32 Å². The minimum absolute atomic E-state index is 0.0419. The van der Waals surface area contributed by atoms with Crippen LogP contribution in [0.1, 0.15) is 37.3 Å². The molecule has 0 aliphatic carbocycles. The number of carboxylic acid groups (broad SMARTS) is 1. The van der Waals surface area contributed by atoms with E-state index in [1.807, 2.05) is 31.2 Å². The molecule has 0 saturated carbocycles. The van der Waals surface area contributed by atoms with Crippen molar-refractivity contribution in [2.45, 2.75) is 32.6 Å². The predicted molar refractivity (Wildman–Crippen MR) is 94.9 cm³/mol. The van der Waals surface area contributed by atoms with Gasteiger partial charge < -0.3 is 10.4 Å². The summed E-state index contributed by atoms with van der Waals surface area (Å²) in [5.74, 6) is -0.497. The van der Waals surface area contributed by atoms with Gasteiger partial charge in [-0.05, 0) is 28.2 Å². The van der Waals surface area contributed by atoms with Crippen molar-refractivity contribution in [2.75, 3.05) is 6.54 Å². The van der Waals surface area contributed by atoms with Gasteiger partial charge in [0.2, 0.25) is 5.91 Å². The Bertz CT molecular complexity index is 690. The minimum atomic E-state index is -0.823. The van der Waals surface area contributed by atoms with Gasteiger partial charge in [0.25, 0.3) is 0 Å². The van der Waals surface area contributed by atoms with Crippen molar-refractivity contribution in [3.8, 4) is 11.1 Å². The number of nitrogens with one attached hydrogen (secondary N) is 1. The van der Waals surface area contributed by atoms with Crippen LogP contribution in [0.2, 0.25) is 0 Å². The monoisotopic (exact) mass is 325 g/mol.